The maximum atomic E-state index is 13.6. The first-order valence-corrected chi connectivity index (χ1v) is 6.70. The number of rotatable bonds is 3. The molecule has 1 N–H and O–H groups in total. The SMILES string of the molecule is CNC1CCCCC(Cc2ccccc2F)C1. The van der Waals surface area contributed by atoms with E-state index in [1.165, 1.54) is 32.1 Å². The van der Waals surface area contributed by atoms with Gasteiger partial charge in [0.25, 0.3) is 0 Å². The third-order valence-electron chi connectivity index (χ3n) is 3.91. The van der Waals surface area contributed by atoms with Crippen molar-refractivity contribution in [1.82, 2.24) is 5.32 Å². The van der Waals surface area contributed by atoms with E-state index in [4.69, 9.17) is 0 Å². The Bertz CT molecular complexity index is 351. The Labute approximate surface area is 103 Å². The van der Waals surface area contributed by atoms with E-state index in [-0.39, 0.29) is 5.82 Å². The van der Waals surface area contributed by atoms with Crippen LogP contribution in [0.5, 0.6) is 0 Å². The molecule has 1 aromatic rings. The summed E-state index contributed by atoms with van der Waals surface area (Å²) in [6.07, 6.45) is 7.18. The van der Waals surface area contributed by atoms with Crippen molar-refractivity contribution in [1.29, 1.82) is 0 Å². The maximum absolute atomic E-state index is 13.6. The molecule has 1 aliphatic rings. The Morgan fingerprint density at radius 2 is 2.00 bits per heavy atom. The molecule has 0 aliphatic heterocycles. The fourth-order valence-corrected chi connectivity index (χ4v) is 2.88. The summed E-state index contributed by atoms with van der Waals surface area (Å²) in [5.41, 5.74) is 0.884. The third-order valence-corrected chi connectivity index (χ3v) is 3.91. The molecule has 2 unspecified atom stereocenters. The first-order valence-electron chi connectivity index (χ1n) is 6.70. The summed E-state index contributed by atoms with van der Waals surface area (Å²) in [6, 6.07) is 7.82. The predicted octanol–water partition coefficient (Wildman–Crippen LogP) is 3.54. The van der Waals surface area contributed by atoms with Crippen molar-refractivity contribution in [3.8, 4) is 0 Å². The Morgan fingerprint density at radius 1 is 1.24 bits per heavy atom. The van der Waals surface area contributed by atoms with Gasteiger partial charge in [0.2, 0.25) is 0 Å². The van der Waals surface area contributed by atoms with Crippen LogP contribution in [-0.2, 0) is 6.42 Å². The van der Waals surface area contributed by atoms with Crippen molar-refractivity contribution in [2.75, 3.05) is 7.05 Å². The first-order chi connectivity index (χ1) is 8.29. The van der Waals surface area contributed by atoms with Crippen molar-refractivity contribution in [2.45, 2.75) is 44.6 Å². The van der Waals surface area contributed by atoms with Gasteiger partial charge in [0, 0.05) is 6.04 Å². The molecule has 2 rings (SSSR count). The van der Waals surface area contributed by atoms with Gasteiger partial charge in [0.1, 0.15) is 5.82 Å². The lowest BCUT2D eigenvalue weighted by atomic mass is 9.91. The molecule has 0 amide bonds. The minimum absolute atomic E-state index is 0.0437. The summed E-state index contributed by atoms with van der Waals surface area (Å²) in [5, 5.41) is 3.38. The molecule has 1 nitrogen and oxygen atoms in total. The summed E-state index contributed by atoms with van der Waals surface area (Å²) in [4.78, 5) is 0. The van der Waals surface area contributed by atoms with E-state index < -0.39 is 0 Å². The lowest BCUT2D eigenvalue weighted by molar-refractivity contribution is 0.395. The summed E-state index contributed by atoms with van der Waals surface area (Å²) in [6.45, 7) is 0. The third kappa shape index (κ3) is 3.53. The predicted molar refractivity (Wildman–Crippen MR) is 69.5 cm³/mol. The average Bonchev–Trinajstić information content (AvgIpc) is 2.57. The zero-order valence-electron chi connectivity index (χ0n) is 10.6. The van der Waals surface area contributed by atoms with Gasteiger partial charge in [-0.05, 0) is 43.9 Å². The van der Waals surface area contributed by atoms with E-state index in [2.05, 4.69) is 5.32 Å². The molecule has 0 spiro atoms. The Hall–Kier alpha value is -0.890. The minimum Gasteiger partial charge on any atom is -0.317 e. The summed E-state index contributed by atoms with van der Waals surface area (Å²) in [5.74, 6) is 0.588. The second-order valence-electron chi connectivity index (χ2n) is 5.17. The average molecular weight is 235 g/mol. The summed E-state index contributed by atoms with van der Waals surface area (Å²) >= 11 is 0. The highest BCUT2D eigenvalue weighted by Gasteiger charge is 2.20. The van der Waals surface area contributed by atoms with Crippen LogP contribution in [0.4, 0.5) is 4.39 Å². The van der Waals surface area contributed by atoms with Gasteiger partial charge in [-0.1, -0.05) is 37.5 Å². The Balaban J connectivity index is 2.00. The van der Waals surface area contributed by atoms with Crippen LogP contribution in [0.1, 0.15) is 37.7 Å². The topological polar surface area (TPSA) is 12.0 Å². The van der Waals surface area contributed by atoms with Gasteiger partial charge in [0.05, 0.1) is 0 Å². The Kier molecular flexibility index (Phi) is 4.55. The van der Waals surface area contributed by atoms with Crippen LogP contribution in [0.2, 0.25) is 0 Å². The van der Waals surface area contributed by atoms with E-state index in [0.717, 1.165) is 12.0 Å². The lowest BCUT2D eigenvalue weighted by Crippen LogP contribution is -2.26. The van der Waals surface area contributed by atoms with Crippen molar-refractivity contribution < 1.29 is 4.39 Å². The summed E-state index contributed by atoms with van der Waals surface area (Å²) < 4.78 is 13.6. The van der Waals surface area contributed by atoms with Crippen LogP contribution in [0.25, 0.3) is 0 Å². The highest BCUT2D eigenvalue weighted by Crippen LogP contribution is 2.27. The van der Waals surface area contributed by atoms with Gasteiger partial charge in [-0.3, -0.25) is 0 Å². The molecule has 0 bridgehead atoms. The van der Waals surface area contributed by atoms with Crippen molar-refractivity contribution in [3.63, 3.8) is 0 Å². The van der Waals surface area contributed by atoms with E-state index in [1.54, 1.807) is 12.1 Å². The minimum atomic E-state index is -0.0437. The van der Waals surface area contributed by atoms with Crippen LogP contribution in [0.15, 0.2) is 24.3 Å². The lowest BCUT2D eigenvalue weighted by Gasteiger charge is -2.19. The van der Waals surface area contributed by atoms with Gasteiger partial charge in [-0.2, -0.15) is 0 Å². The number of halogens is 1. The maximum Gasteiger partial charge on any atom is 0.126 e. The normalized spacial score (nSPS) is 25.5. The molecule has 2 atom stereocenters. The van der Waals surface area contributed by atoms with Crippen LogP contribution >= 0.6 is 0 Å². The monoisotopic (exact) mass is 235 g/mol. The number of hydrogen-bond acceptors (Lipinski definition) is 1. The smallest absolute Gasteiger partial charge is 0.126 e. The van der Waals surface area contributed by atoms with Crippen molar-refractivity contribution in [3.05, 3.63) is 35.6 Å². The molecule has 94 valence electrons. The molecule has 1 saturated carbocycles. The number of nitrogens with one attached hydrogen (secondary N) is 1. The summed E-state index contributed by atoms with van der Waals surface area (Å²) in [7, 11) is 2.04. The van der Waals surface area contributed by atoms with Gasteiger partial charge < -0.3 is 5.32 Å². The molecule has 0 radical (unpaired) electrons. The second-order valence-corrected chi connectivity index (χ2v) is 5.17. The van der Waals surface area contributed by atoms with E-state index >= 15 is 0 Å². The fourth-order valence-electron chi connectivity index (χ4n) is 2.88. The van der Waals surface area contributed by atoms with E-state index in [9.17, 15) is 4.39 Å². The van der Waals surface area contributed by atoms with Crippen molar-refractivity contribution >= 4 is 0 Å². The molecule has 17 heavy (non-hydrogen) atoms. The quantitative estimate of drug-likeness (QED) is 0.790. The van der Waals surface area contributed by atoms with Gasteiger partial charge in [-0.25, -0.2) is 4.39 Å². The van der Waals surface area contributed by atoms with Crippen LogP contribution in [0.3, 0.4) is 0 Å². The second kappa shape index (κ2) is 6.15. The molecule has 1 aromatic carbocycles. The Morgan fingerprint density at radius 3 is 2.76 bits per heavy atom. The van der Waals surface area contributed by atoms with Crippen LogP contribution in [-0.4, -0.2) is 13.1 Å². The highest BCUT2D eigenvalue weighted by atomic mass is 19.1. The largest absolute Gasteiger partial charge is 0.317 e. The highest BCUT2D eigenvalue weighted by molar-refractivity contribution is 5.17. The standard InChI is InChI=1S/C15H22FN/c1-17-14-8-4-2-6-12(11-14)10-13-7-3-5-9-15(13)16/h3,5,7,9,12,14,17H,2,4,6,8,10-11H2,1H3. The van der Waals surface area contributed by atoms with E-state index in [1.807, 2.05) is 19.2 Å². The van der Waals surface area contributed by atoms with Gasteiger partial charge >= 0.3 is 0 Å². The molecule has 0 saturated heterocycles. The first kappa shape index (κ1) is 12.6. The van der Waals surface area contributed by atoms with Gasteiger partial charge in [-0.15, -0.1) is 0 Å². The van der Waals surface area contributed by atoms with Crippen LogP contribution in [0, 0.1) is 11.7 Å². The zero-order chi connectivity index (χ0) is 12.1. The molecule has 1 fully saturated rings. The number of benzene rings is 1. The van der Waals surface area contributed by atoms with Crippen molar-refractivity contribution in [2.24, 2.45) is 5.92 Å². The molecular formula is C15H22FN. The molecule has 0 aromatic heterocycles. The fraction of sp³-hybridized carbons (Fsp3) is 0.600. The van der Waals surface area contributed by atoms with Gasteiger partial charge in [0.15, 0.2) is 0 Å². The molecular weight excluding hydrogens is 213 g/mol. The number of hydrogen-bond donors (Lipinski definition) is 1. The molecule has 1 aliphatic carbocycles. The zero-order valence-corrected chi connectivity index (χ0v) is 10.6. The molecule has 2 heteroatoms. The molecule has 0 heterocycles. The van der Waals surface area contributed by atoms with Crippen LogP contribution < -0.4 is 5.32 Å². The van der Waals surface area contributed by atoms with E-state index in [0.29, 0.717) is 12.0 Å².